The van der Waals surface area contributed by atoms with Crippen LogP contribution >= 0.6 is 50.2 Å². The maximum atomic E-state index is 6.36. The standard InChI is InChI=1S/C15H8BrClN2S2/c1-7-4-8-13(9(16)5-7)18-15(19-14(8)17)12-6-11-10(21-12)2-3-20-11/h2-6H,1H3. The first kappa shape index (κ1) is 13.6. The minimum absolute atomic E-state index is 0.496. The Balaban J connectivity index is 1.99. The van der Waals surface area contributed by atoms with Crippen LogP contribution < -0.4 is 0 Å². The van der Waals surface area contributed by atoms with E-state index in [4.69, 9.17) is 16.6 Å². The van der Waals surface area contributed by atoms with Crippen molar-refractivity contribution in [1.82, 2.24) is 9.97 Å². The van der Waals surface area contributed by atoms with Gasteiger partial charge in [-0.1, -0.05) is 11.6 Å². The lowest BCUT2D eigenvalue weighted by molar-refractivity contribution is 1.23. The van der Waals surface area contributed by atoms with Gasteiger partial charge >= 0.3 is 0 Å². The lowest BCUT2D eigenvalue weighted by Crippen LogP contribution is -1.92. The van der Waals surface area contributed by atoms with E-state index in [1.54, 1.807) is 22.7 Å². The van der Waals surface area contributed by atoms with Gasteiger partial charge in [0.25, 0.3) is 0 Å². The Hall–Kier alpha value is -1.01. The van der Waals surface area contributed by atoms with Crippen molar-refractivity contribution in [2.24, 2.45) is 0 Å². The number of aryl methyl sites for hydroxylation is 1. The van der Waals surface area contributed by atoms with Crippen LogP contribution in [0.25, 0.3) is 31.0 Å². The molecule has 4 aromatic rings. The highest BCUT2D eigenvalue weighted by Gasteiger charge is 2.13. The van der Waals surface area contributed by atoms with Gasteiger partial charge in [0.15, 0.2) is 5.82 Å². The van der Waals surface area contributed by atoms with Crippen molar-refractivity contribution in [2.75, 3.05) is 0 Å². The van der Waals surface area contributed by atoms with E-state index in [-0.39, 0.29) is 0 Å². The highest BCUT2D eigenvalue weighted by Crippen LogP contribution is 2.37. The quantitative estimate of drug-likeness (QED) is 0.354. The Morgan fingerprint density at radius 3 is 2.81 bits per heavy atom. The van der Waals surface area contributed by atoms with Crippen molar-refractivity contribution in [2.45, 2.75) is 6.92 Å². The summed E-state index contributed by atoms with van der Waals surface area (Å²) in [6.07, 6.45) is 0. The molecule has 1 aromatic carbocycles. The van der Waals surface area contributed by atoms with Crippen LogP contribution in [0.5, 0.6) is 0 Å². The van der Waals surface area contributed by atoms with E-state index in [1.807, 2.05) is 19.1 Å². The fraction of sp³-hybridized carbons (Fsp3) is 0.0667. The van der Waals surface area contributed by atoms with Gasteiger partial charge in [-0.2, -0.15) is 0 Å². The molecule has 0 fully saturated rings. The number of aromatic nitrogens is 2. The summed E-state index contributed by atoms with van der Waals surface area (Å²) >= 11 is 13.4. The smallest absolute Gasteiger partial charge is 0.171 e. The lowest BCUT2D eigenvalue weighted by Gasteiger charge is -2.06. The van der Waals surface area contributed by atoms with Crippen LogP contribution in [0.15, 0.2) is 34.1 Å². The summed E-state index contributed by atoms with van der Waals surface area (Å²) in [5, 5.41) is 3.47. The Kier molecular flexibility index (Phi) is 3.26. The zero-order chi connectivity index (χ0) is 14.6. The van der Waals surface area contributed by atoms with Gasteiger partial charge in [0, 0.05) is 19.3 Å². The van der Waals surface area contributed by atoms with Gasteiger partial charge in [0.2, 0.25) is 0 Å². The average Bonchev–Trinajstić information content (AvgIpc) is 3.00. The van der Waals surface area contributed by atoms with Crippen LogP contribution in [0.2, 0.25) is 5.15 Å². The third kappa shape index (κ3) is 2.28. The van der Waals surface area contributed by atoms with E-state index in [0.717, 1.165) is 25.8 Å². The molecule has 0 spiro atoms. The van der Waals surface area contributed by atoms with Crippen LogP contribution in [0.4, 0.5) is 0 Å². The second-order valence-electron chi connectivity index (χ2n) is 4.74. The van der Waals surface area contributed by atoms with E-state index >= 15 is 0 Å². The van der Waals surface area contributed by atoms with E-state index in [1.165, 1.54) is 9.40 Å². The Morgan fingerprint density at radius 2 is 2.00 bits per heavy atom. The van der Waals surface area contributed by atoms with Crippen LogP contribution in [0.3, 0.4) is 0 Å². The summed E-state index contributed by atoms with van der Waals surface area (Å²) in [5.41, 5.74) is 1.98. The van der Waals surface area contributed by atoms with Crippen LogP contribution in [0.1, 0.15) is 5.56 Å². The molecule has 3 heterocycles. The molecule has 2 nitrogen and oxygen atoms in total. The number of nitrogens with zero attached hydrogens (tertiary/aromatic N) is 2. The number of halogens is 2. The van der Waals surface area contributed by atoms with Crippen LogP contribution in [0, 0.1) is 6.92 Å². The third-order valence-corrected chi connectivity index (χ3v) is 6.19. The topological polar surface area (TPSA) is 25.8 Å². The van der Waals surface area contributed by atoms with Crippen molar-refractivity contribution < 1.29 is 0 Å². The molecule has 0 aliphatic rings. The maximum absolute atomic E-state index is 6.36. The minimum atomic E-state index is 0.496. The number of thiophene rings is 2. The molecule has 6 heteroatoms. The minimum Gasteiger partial charge on any atom is -0.226 e. The fourth-order valence-corrected chi connectivity index (χ4v) is 5.21. The largest absolute Gasteiger partial charge is 0.226 e. The Bertz CT molecular complexity index is 962. The molecule has 0 bridgehead atoms. The molecule has 0 N–H and O–H groups in total. The van der Waals surface area contributed by atoms with Gasteiger partial charge < -0.3 is 0 Å². The van der Waals surface area contributed by atoms with Gasteiger partial charge in [0.05, 0.1) is 10.4 Å². The van der Waals surface area contributed by atoms with Crippen molar-refractivity contribution in [1.29, 1.82) is 0 Å². The number of fused-ring (bicyclic) bond motifs is 2. The summed E-state index contributed by atoms with van der Waals surface area (Å²) in [4.78, 5) is 10.2. The van der Waals surface area contributed by atoms with Gasteiger partial charge in [-0.3, -0.25) is 0 Å². The number of hydrogen-bond acceptors (Lipinski definition) is 4. The maximum Gasteiger partial charge on any atom is 0.171 e. The molecule has 0 radical (unpaired) electrons. The summed E-state index contributed by atoms with van der Waals surface area (Å²) in [6, 6.07) is 8.31. The first-order valence-corrected chi connectivity index (χ1v) is 9.09. The normalized spacial score (nSPS) is 11.6. The molecular weight excluding hydrogens is 388 g/mol. The second-order valence-corrected chi connectivity index (χ2v) is 7.98. The van der Waals surface area contributed by atoms with Gasteiger partial charge in [0.1, 0.15) is 5.15 Å². The predicted molar refractivity (Wildman–Crippen MR) is 95.7 cm³/mol. The average molecular weight is 396 g/mol. The molecule has 104 valence electrons. The predicted octanol–water partition coefficient (Wildman–Crippen LogP) is 6.30. The van der Waals surface area contributed by atoms with Crippen molar-refractivity contribution in [3.8, 4) is 10.7 Å². The molecule has 21 heavy (non-hydrogen) atoms. The summed E-state index contributed by atoms with van der Waals surface area (Å²) in [5.74, 6) is 0.686. The van der Waals surface area contributed by atoms with Crippen molar-refractivity contribution >= 4 is 70.5 Å². The first-order valence-electron chi connectivity index (χ1n) is 6.22. The monoisotopic (exact) mass is 394 g/mol. The SMILES string of the molecule is Cc1cc(Br)c2nc(-c3cc4sccc4s3)nc(Cl)c2c1. The Labute approximate surface area is 142 Å². The number of rotatable bonds is 1. The zero-order valence-corrected chi connectivity index (χ0v) is 14.8. The zero-order valence-electron chi connectivity index (χ0n) is 10.9. The molecule has 0 aliphatic carbocycles. The lowest BCUT2D eigenvalue weighted by atomic mass is 10.2. The molecule has 0 unspecified atom stereocenters. The van der Waals surface area contributed by atoms with Gasteiger partial charge in [-0.15, -0.1) is 22.7 Å². The van der Waals surface area contributed by atoms with E-state index in [2.05, 4.69) is 38.4 Å². The summed E-state index contributed by atoms with van der Waals surface area (Å²) < 4.78 is 3.47. The highest BCUT2D eigenvalue weighted by atomic mass is 79.9. The summed E-state index contributed by atoms with van der Waals surface area (Å²) in [7, 11) is 0. The van der Waals surface area contributed by atoms with E-state index < -0.39 is 0 Å². The molecule has 0 saturated heterocycles. The first-order chi connectivity index (χ1) is 10.1. The van der Waals surface area contributed by atoms with Gasteiger partial charge in [-0.25, -0.2) is 9.97 Å². The van der Waals surface area contributed by atoms with Crippen LogP contribution in [-0.4, -0.2) is 9.97 Å². The van der Waals surface area contributed by atoms with Gasteiger partial charge in [-0.05, 0) is 58.1 Å². The van der Waals surface area contributed by atoms with Crippen molar-refractivity contribution in [3.63, 3.8) is 0 Å². The third-order valence-electron chi connectivity index (χ3n) is 3.21. The molecular formula is C15H8BrClN2S2. The molecule has 0 aliphatic heterocycles. The number of hydrogen-bond donors (Lipinski definition) is 0. The number of benzene rings is 1. The fourth-order valence-electron chi connectivity index (χ4n) is 2.28. The molecule has 0 saturated carbocycles. The second kappa shape index (κ2) is 5.02. The van der Waals surface area contributed by atoms with E-state index in [9.17, 15) is 0 Å². The molecule has 4 rings (SSSR count). The van der Waals surface area contributed by atoms with E-state index in [0.29, 0.717) is 11.0 Å². The molecule has 0 atom stereocenters. The summed E-state index contributed by atoms with van der Waals surface area (Å²) in [6.45, 7) is 2.03. The van der Waals surface area contributed by atoms with Crippen molar-refractivity contribution in [3.05, 3.63) is 44.8 Å². The molecule has 0 amide bonds. The molecule has 3 aromatic heterocycles. The highest BCUT2D eigenvalue weighted by molar-refractivity contribution is 9.10. The van der Waals surface area contributed by atoms with Crippen LogP contribution in [-0.2, 0) is 0 Å². The Morgan fingerprint density at radius 1 is 1.14 bits per heavy atom.